The lowest BCUT2D eigenvalue weighted by Crippen LogP contribution is -2.27. The van der Waals surface area contributed by atoms with Gasteiger partial charge in [-0.15, -0.1) is 0 Å². The Balaban J connectivity index is 1.70. The summed E-state index contributed by atoms with van der Waals surface area (Å²) in [7, 11) is -3.41. The van der Waals surface area contributed by atoms with Gasteiger partial charge in [0.2, 0.25) is 0 Å². The largest absolute Gasteiger partial charge is 0.493 e. The molecule has 0 aliphatic rings. The fraction of sp³-hybridized carbons (Fsp3) is 0.480. The molecule has 0 aliphatic heterocycles. The molecule has 0 bridgehead atoms. The molecule has 2 aromatic rings. The van der Waals surface area contributed by atoms with Crippen LogP contribution < -0.4 is 10.1 Å². The number of hydrogen-bond acceptors (Lipinski definition) is 7. The summed E-state index contributed by atoms with van der Waals surface area (Å²) < 4.78 is 43.4. The average molecular weight is 494 g/mol. The van der Waals surface area contributed by atoms with Crippen LogP contribution in [0, 0.1) is 0 Å². The van der Waals surface area contributed by atoms with Crippen LogP contribution in [0.5, 0.6) is 5.75 Å². The summed E-state index contributed by atoms with van der Waals surface area (Å²) in [4.78, 5) is 11.8. The highest BCUT2D eigenvalue weighted by Gasteiger charge is 2.16. The van der Waals surface area contributed by atoms with E-state index in [9.17, 15) is 13.2 Å². The molecule has 9 heteroatoms. The Morgan fingerprint density at radius 3 is 2.21 bits per heavy atom. The number of carbonyl (C=O) groups is 1. The van der Waals surface area contributed by atoms with E-state index in [0.717, 1.165) is 29.6 Å². The average Bonchev–Trinajstić information content (AvgIpc) is 2.73. The lowest BCUT2D eigenvalue weighted by Gasteiger charge is -2.19. The van der Waals surface area contributed by atoms with E-state index in [1.54, 1.807) is 0 Å². The van der Waals surface area contributed by atoms with Gasteiger partial charge in [0, 0.05) is 18.7 Å². The number of amides is 1. The highest BCUT2D eigenvalue weighted by atomic mass is 32.2. The quantitative estimate of drug-likeness (QED) is 0.324. The van der Waals surface area contributed by atoms with Gasteiger partial charge in [-0.25, -0.2) is 4.79 Å². The van der Waals surface area contributed by atoms with Crippen LogP contribution in [0.1, 0.15) is 51.3 Å². The first kappa shape index (κ1) is 27.6. The first-order valence-corrected chi connectivity index (χ1v) is 13.0. The molecule has 0 radical (unpaired) electrons. The van der Waals surface area contributed by atoms with Crippen molar-refractivity contribution >= 4 is 21.9 Å². The van der Waals surface area contributed by atoms with Gasteiger partial charge in [-0.2, -0.15) is 8.42 Å². The minimum atomic E-state index is -3.41. The fourth-order valence-electron chi connectivity index (χ4n) is 2.92. The highest BCUT2D eigenvalue weighted by molar-refractivity contribution is 7.85. The van der Waals surface area contributed by atoms with Gasteiger partial charge in [0.05, 0.1) is 25.6 Å². The van der Waals surface area contributed by atoms with E-state index >= 15 is 0 Å². The van der Waals surface area contributed by atoms with Crippen molar-refractivity contribution in [2.24, 2.45) is 0 Å². The Hall–Kier alpha value is -2.62. The van der Waals surface area contributed by atoms with Crippen LogP contribution in [-0.4, -0.2) is 46.2 Å². The third-order valence-electron chi connectivity index (χ3n) is 4.56. The number of hydrogen-bond donors (Lipinski definition) is 1. The predicted molar refractivity (Wildman–Crippen MR) is 132 cm³/mol. The van der Waals surface area contributed by atoms with Crippen molar-refractivity contribution in [2.75, 3.05) is 31.4 Å². The van der Waals surface area contributed by atoms with Crippen molar-refractivity contribution in [3.8, 4) is 5.75 Å². The van der Waals surface area contributed by atoms with Gasteiger partial charge in [-0.1, -0.05) is 24.3 Å². The number of nitrogens with one attached hydrogen (secondary N) is 1. The summed E-state index contributed by atoms with van der Waals surface area (Å²) in [6, 6.07) is 15.3. The molecule has 1 atom stereocenters. The maximum Gasteiger partial charge on any atom is 0.412 e. The maximum atomic E-state index is 11.8. The van der Waals surface area contributed by atoms with Gasteiger partial charge in [0.1, 0.15) is 11.4 Å². The van der Waals surface area contributed by atoms with Gasteiger partial charge in [-0.05, 0) is 69.5 Å². The Labute approximate surface area is 202 Å². The number of benzene rings is 2. The molecule has 8 nitrogen and oxygen atoms in total. The molecule has 1 N–H and O–H groups in total. The molecule has 0 aromatic heterocycles. The van der Waals surface area contributed by atoms with E-state index < -0.39 is 21.8 Å². The van der Waals surface area contributed by atoms with E-state index in [2.05, 4.69) is 5.32 Å². The normalized spacial score (nSPS) is 12.7. The van der Waals surface area contributed by atoms with Crippen molar-refractivity contribution < 1.29 is 31.6 Å². The predicted octanol–water partition coefficient (Wildman–Crippen LogP) is 5.10. The van der Waals surface area contributed by atoms with E-state index in [1.165, 1.54) is 0 Å². The van der Waals surface area contributed by atoms with E-state index in [4.69, 9.17) is 18.4 Å². The summed E-state index contributed by atoms with van der Waals surface area (Å²) in [6.07, 6.45) is 1.65. The molecular weight excluding hydrogens is 458 g/mol. The van der Waals surface area contributed by atoms with Crippen molar-refractivity contribution in [1.82, 2.24) is 0 Å². The second kappa shape index (κ2) is 12.7. The summed E-state index contributed by atoms with van der Waals surface area (Å²) >= 11 is 0. The lowest BCUT2D eigenvalue weighted by molar-refractivity contribution is 0.0576. The molecule has 0 spiro atoms. The zero-order chi connectivity index (χ0) is 25.2. The molecule has 0 fully saturated rings. The Kier molecular flexibility index (Phi) is 10.3. The molecule has 1 unspecified atom stereocenters. The molecule has 0 saturated carbocycles. The lowest BCUT2D eigenvalue weighted by atomic mass is 10.1. The Bertz CT molecular complexity index is 997. The van der Waals surface area contributed by atoms with E-state index in [1.807, 2.05) is 76.2 Å². The van der Waals surface area contributed by atoms with Crippen LogP contribution in [0.15, 0.2) is 48.5 Å². The monoisotopic (exact) mass is 493 g/mol. The van der Waals surface area contributed by atoms with Crippen LogP contribution in [0.4, 0.5) is 10.5 Å². The SMILES string of the molecule is CC(OCCCOS(C)(=O)=O)c1ccc(OCCc2ccc(NC(=O)OC(C)(C)C)cc2)cc1. The summed E-state index contributed by atoms with van der Waals surface area (Å²) in [5, 5.41) is 2.71. The molecule has 0 heterocycles. The van der Waals surface area contributed by atoms with Gasteiger partial charge in [-0.3, -0.25) is 9.50 Å². The van der Waals surface area contributed by atoms with Crippen molar-refractivity contribution in [1.29, 1.82) is 0 Å². The smallest absolute Gasteiger partial charge is 0.412 e. The van der Waals surface area contributed by atoms with Crippen molar-refractivity contribution in [3.05, 3.63) is 59.7 Å². The maximum absolute atomic E-state index is 11.8. The topological polar surface area (TPSA) is 100 Å². The summed E-state index contributed by atoms with van der Waals surface area (Å²) in [5.41, 5.74) is 2.23. The van der Waals surface area contributed by atoms with E-state index in [0.29, 0.717) is 25.3 Å². The number of anilines is 1. The zero-order valence-corrected chi connectivity index (χ0v) is 21.3. The van der Waals surface area contributed by atoms with Gasteiger partial charge < -0.3 is 14.2 Å². The van der Waals surface area contributed by atoms with Crippen LogP contribution in [0.2, 0.25) is 0 Å². The minimum absolute atomic E-state index is 0.112. The van der Waals surface area contributed by atoms with Crippen LogP contribution in [0.3, 0.4) is 0 Å². The third-order valence-corrected chi connectivity index (χ3v) is 5.16. The van der Waals surface area contributed by atoms with Gasteiger partial charge in [0.15, 0.2) is 0 Å². The Morgan fingerprint density at radius 1 is 0.971 bits per heavy atom. The highest BCUT2D eigenvalue weighted by Crippen LogP contribution is 2.21. The van der Waals surface area contributed by atoms with Crippen LogP contribution >= 0.6 is 0 Å². The molecule has 2 rings (SSSR count). The molecule has 1 amide bonds. The van der Waals surface area contributed by atoms with Crippen LogP contribution in [0.25, 0.3) is 0 Å². The zero-order valence-electron chi connectivity index (χ0n) is 20.5. The molecule has 188 valence electrons. The van der Waals surface area contributed by atoms with Crippen molar-refractivity contribution in [3.63, 3.8) is 0 Å². The molecule has 0 aliphatic carbocycles. The number of rotatable bonds is 12. The van der Waals surface area contributed by atoms with Gasteiger partial charge in [0.25, 0.3) is 10.1 Å². The molecule has 34 heavy (non-hydrogen) atoms. The number of carbonyl (C=O) groups excluding carboxylic acids is 1. The molecular formula is C25H35NO7S. The van der Waals surface area contributed by atoms with E-state index in [-0.39, 0.29) is 12.7 Å². The first-order valence-electron chi connectivity index (χ1n) is 11.2. The molecule has 2 aromatic carbocycles. The fourth-order valence-corrected chi connectivity index (χ4v) is 3.34. The third kappa shape index (κ3) is 11.5. The van der Waals surface area contributed by atoms with Gasteiger partial charge >= 0.3 is 6.09 Å². The first-order chi connectivity index (χ1) is 15.9. The second-order valence-corrected chi connectivity index (χ2v) is 10.5. The van der Waals surface area contributed by atoms with Crippen molar-refractivity contribution in [2.45, 2.75) is 52.2 Å². The summed E-state index contributed by atoms with van der Waals surface area (Å²) in [6.45, 7) is 8.43. The molecule has 0 saturated heterocycles. The number of ether oxygens (including phenoxy) is 3. The second-order valence-electron chi connectivity index (χ2n) is 8.88. The van der Waals surface area contributed by atoms with Crippen LogP contribution in [-0.2, 0) is 30.2 Å². The minimum Gasteiger partial charge on any atom is -0.493 e. The standard InChI is InChI=1S/C25H35NO7S/c1-19(30-16-6-17-32-34(5,28)29)21-9-13-23(14-10-21)31-18-15-20-7-11-22(12-8-20)26-24(27)33-25(2,3)4/h7-14,19H,6,15-18H2,1-5H3,(H,26,27). The Morgan fingerprint density at radius 2 is 1.62 bits per heavy atom. The summed E-state index contributed by atoms with van der Waals surface area (Å²) in [5.74, 6) is 0.765.